The molecule has 0 spiro atoms. The third-order valence-electron chi connectivity index (χ3n) is 2.94. The van der Waals surface area contributed by atoms with Crippen molar-refractivity contribution in [3.05, 3.63) is 34.7 Å². The number of hydrogen-bond donors (Lipinski definition) is 0. The topological polar surface area (TPSA) is 57.2 Å². The molecular formula is C13H12F6O3S2. The molecule has 0 aliphatic rings. The van der Waals surface area contributed by atoms with Gasteiger partial charge in [0, 0.05) is 18.4 Å². The third-order valence-corrected chi connectivity index (χ3v) is 5.53. The maximum atomic E-state index is 12.9. The summed E-state index contributed by atoms with van der Waals surface area (Å²) in [4.78, 5) is 0.420. The van der Waals surface area contributed by atoms with E-state index < -0.39 is 31.6 Å². The lowest BCUT2D eigenvalue weighted by atomic mass is 10.1. The first-order valence-electron chi connectivity index (χ1n) is 6.33. The number of rotatable bonds is 1. The average Bonchev–Trinajstić information content (AvgIpc) is 2.72. The van der Waals surface area contributed by atoms with E-state index >= 15 is 0 Å². The highest BCUT2D eigenvalue weighted by molar-refractivity contribution is 7.86. The second-order valence-electron chi connectivity index (χ2n) is 4.59. The second-order valence-corrected chi connectivity index (χ2v) is 8.12. The van der Waals surface area contributed by atoms with Gasteiger partial charge in [-0.1, -0.05) is 19.1 Å². The highest BCUT2D eigenvalue weighted by atomic mass is 32.2. The summed E-state index contributed by atoms with van der Waals surface area (Å²) < 4.78 is 98.0. The molecule has 136 valence electrons. The number of hydrogen-bond acceptors (Lipinski definition) is 3. The molecule has 11 heteroatoms. The molecule has 2 aromatic rings. The summed E-state index contributed by atoms with van der Waals surface area (Å²) >= 11 is 0. The average molecular weight is 394 g/mol. The standard InChI is InChI=1S/C12H12F3S.CHF3O3S/c1-3-9-5-4-6-11-10(9)7-8(2)16(11)12(13,14)15;2-1(3,4)8(5,6)7/h4-7H,3H2,1-2H3;(H,5,6,7)/q+1;/p-1. The van der Waals surface area contributed by atoms with Crippen molar-refractivity contribution >= 4 is 30.7 Å². The van der Waals surface area contributed by atoms with Crippen molar-refractivity contribution in [1.82, 2.24) is 0 Å². The van der Waals surface area contributed by atoms with Crippen molar-refractivity contribution in [1.29, 1.82) is 0 Å². The van der Waals surface area contributed by atoms with Gasteiger partial charge in [-0.25, -0.2) is 8.42 Å². The minimum atomic E-state index is -6.09. The monoisotopic (exact) mass is 394 g/mol. The minimum absolute atomic E-state index is 0.420. The molecule has 2 rings (SSSR count). The van der Waals surface area contributed by atoms with Gasteiger partial charge in [-0.3, -0.25) is 0 Å². The molecule has 1 heterocycles. The smallest absolute Gasteiger partial charge is 0.600 e. The van der Waals surface area contributed by atoms with E-state index in [4.69, 9.17) is 13.0 Å². The highest BCUT2D eigenvalue weighted by Crippen LogP contribution is 2.50. The maximum Gasteiger partial charge on any atom is 0.600 e. The molecule has 0 aliphatic heterocycles. The van der Waals surface area contributed by atoms with Crippen LogP contribution < -0.4 is 0 Å². The summed E-state index contributed by atoms with van der Waals surface area (Å²) in [7, 11) is -7.81. The Morgan fingerprint density at radius 1 is 1.12 bits per heavy atom. The molecule has 0 bridgehead atoms. The molecule has 1 aromatic carbocycles. The molecule has 0 fully saturated rings. The van der Waals surface area contributed by atoms with Crippen molar-refractivity contribution < 1.29 is 39.3 Å². The van der Waals surface area contributed by atoms with E-state index in [1.165, 1.54) is 0 Å². The summed E-state index contributed by atoms with van der Waals surface area (Å²) in [5.74, 6) is 0. The Balaban J connectivity index is 0.000000307. The van der Waals surface area contributed by atoms with E-state index in [1.54, 1.807) is 25.1 Å². The Morgan fingerprint density at radius 3 is 2.00 bits per heavy atom. The summed E-state index contributed by atoms with van der Waals surface area (Å²) in [6.07, 6.45) is 0.766. The van der Waals surface area contributed by atoms with Gasteiger partial charge in [0.05, 0.1) is 10.5 Å². The molecule has 3 nitrogen and oxygen atoms in total. The van der Waals surface area contributed by atoms with Gasteiger partial charge < -0.3 is 4.55 Å². The Morgan fingerprint density at radius 2 is 1.62 bits per heavy atom. The molecule has 0 aliphatic carbocycles. The molecule has 0 saturated carbocycles. The number of aryl methyl sites for hydroxylation is 2. The van der Waals surface area contributed by atoms with Crippen LogP contribution in [0.1, 0.15) is 17.4 Å². The van der Waals surface area contributed by atoms with E-state index in [0.29, 0.717) is 9.58 Å². The van der Waals surface area contributed by atoms with Crippen molar-refractivity contribution in [3.63, 3.8) is 0 Å². The Labute approximate surface area is 136 Å². The van der Waals surface area contributed by atoms with E-state index in [2.05, 4.69) is 0 Å². The van der Waals surface area contributed by atoms with Gasteiger partial charge in [0.25, 0.3) is 0 Å². The maximum absolute atomic E-state index is 12.9. The normalized spacial score (nSPS) is 13.6. The number of halogens is 6. The molecule has 0 radical (unpaired) electrons. The fraction of sp³-hybridized carbons (Fsp3) is 0.385. The van der Waals surface area contributed by atoms with Gasteiger partial charge in [-0.05, 0) is 18.1 Å². The van der Waals surface area contributed by atoms with Crippen LogP contribution in [0, 0.1) is 6.92 Å². The molecular weight excluding hydrogens is 382 g/mol. The number of alkyl halides is 6. The molecule has 0 N–H and O–H groups in total. The van der Waals surface area contributed by atoms with Crippen LogP contribution in [0.2, 0.25) is 0 Å². The predicted octanol–water partition coefficient (Wildman–Crippen LogP) is 4.99. The van der Waals surface area contributed by atoms with E-state index in [1.807, 2.05) is 13.0 Å². The largest absolute Gasteiger partial charge is 0.741 e. The number of benzene rings is 1. The van der Waals surface area contributed by atoms with Gasteiger partial charge in [0.15, 0.2) is 19.7 Å². The van der Waals surface area contributed by atoms with Crippen LogP contribution in [0.15, 0.2) is 24.3 Å². The van der Waals surface area contributed by atoms with Gasteiger partial charge in [0.2, 0.25) is 0 Å². The van der Waals surface area contributed by atoms with Gasteiger partial charge >= 0.3 is 11.0 Å². The van der Waals surface area contributed by atoms with Crippen LogP contribution in [0.3, 0.4) is 0 Å². The molecule has 24 heavy (non-hydrogen) atoms. The molecule has 0 amide bonds. The van der Waals surface area contributed by atoms with Crippen LogP contribution in [0.4, 0.5) is 26.3 Å². The summed E-state index contributed by atoms with van der Waals surface area (Å²) in [5.41, 5.74) is -8.80. The lowest BCUT2D eigenvalue weighted by molar-refractivity contribution is -0.0867. The van der Waals surface area contributed by atoms with E-state index in [9.17, 15) is 26.3 Å². The summed E-state index contributed by atoms with van der Waals surface area (Å²) in [6.45, 7) is 3.53. The zero-order chi connectivity index (χ0) is 18.9. The van der Waals surface area contributed by atoms with Crippen molar-refractivity contribution in [3.8, 4) is 0 Å². The lowest BCUT2D eigenvalue weighted by Crippen LogP contribution is -2.21. The third kappa shape index (κ3) is 4.61. The molecule has 0 saturated heterocycles. The van der Waals surface area contributed by atoms with Crippen molar-refractivity contribution in [2.45, 2.75) is 31.3 Å². The molecule has 1 atom stereocenters. The second kappa shape index (κ2) is 6.89. The molecule has 1 aromatic heterocycles. The molecule has 1 unspecified atom stereocenters. The van der Waals surface area contributed by atoms with E-state index in [0.717, 1.165) is 17.4 Å². The first kappa shape index (κ1) is 20.7. The van der Waals surface area contributed by atoms with Crippen molar-refractivity contribution in [2.24, 2.45) is 0 Å². The van der Waals surface area contributed by atoms with Gasteiger partial charge in [0.1, 0.15) is 0 Å². The van der Waals surface area contributed by atoms with Crippen LogP contribution in [-0.4, -0.2) is 18.5 Å². The number of fused-ring (bicyclic) bond motifs is 1. The Hall–Kier alpha value is -1.33. The van der Waals surface area contributed by atoms with Crippen LogP contribution in [0.5, 0.6) is 0 Å². The van der Waals surface area contributed by atoms with Crippen molar-refractivity contribution in [2.75, 3.05) is 0 Å². The Kier molecular flexibility index (Phi) is 5.94. The van der Waals surface area contributed by atoms with Gasteiger partial charge in [-0.15, -0.1) is 13.2 Å². The van der Waals surface area contributed by atoms with Crippen LogP contribution >= 0.6 is 10.5 Å². The first-order chi connectivity index (χ1) is 10.7. The summed E-state index contributed by atoms with van der Waals surface area (Å²) in [5, 5.41) is 0.781. The lowest BCUT2D eigenvalue weighted by Gasteiger charge is -2.08. The number of thiophene rings is 1. The van der Waals surface area contributed by atoms with Crippen LogP contribution in [0.25, 0.3) is 10.1 Å². The highest BCUT2D eigenvalue weighted by Gasteiger charge is 2.47. The van der Waals surface area contributed by atoms with E-state index in [-0.39, 0.29) is 0 Å². The predicted molar refractivity (Wildman–Crippen MR) is 77.6 cm³/mol. The van der Waals surface area contributed by atoms with Crippen LogP contribution in [-0.2, 0) is 22.0 Å². The zero-order valence-electron chi connectivity index (χ0n) is 12.3. The quantitative estimate of drug-likeness (QED) is 0.296. The fourth-order valence-corrected chi connectivity index (χ4v) is 3.80. The Bertz CT molecular complexity index is 819. The SMILES string of the molecule is CCc1cccc2c1cc(C)[s+]2C(F)(F)F.O=S(=O)([O-])C(F)(F)F. The van der Waals surface area contributed by atoms with Gasteiger partial charge in [-0.2, -0.15) is 13.2 Å². The zero-order valence-corrected chi connectivity index (χ0v) is 14.0. The fourth-order valence-electron chi connectivity index (χ4n) is 1.98. The minimum Gasteiger partial charge on any atom is -0.741 e. The summed E-state index contributed by atoms with van der Waals surface area (Å²) in [6, 6.07) is 6.89. The first-order valence-corrected chi connectivity index (χ1v) is 8.97.